The maximum atomic E-state index is 12.6. The normalized spacial score (nSPS) is 16.8. The van der Waals surface area contributed by atoms with Gasteiger partial charge in [0.1, 0.15) is 5.75 Å². The highest BCUT2D eigenvalue weighted by Crippen LogP contribution is 2.35. The van der Waals surface area contributed by atoms with Gasteiger partial charge in [0.2, 0.25) is 0 Å². The fraction of sp³-hybridized carbons (Fsp3) is 0.296. The number of carbonyl (C=O) groups is 1. The SMILES string of the molecule is COc1cc(C[C@H]2C(=O)OC[C@@H]2Cc2ccc(OC)c(OC)c2)ccc1Nc1ccc([N+](=O)[O-])cc1. The van der Waals surface area contributed by atoms with Crippen LogP contribution in [-0.2, 0) is 22.4 Å². The van der Waals surface area contributed by atoms with Gasteiger partial charge in [0.05, 0.1) is 44.5 Å². The van der Waals surface area contributed by atoms with E-state index in [1.165, 1.54) is 12.1 Å². The molecule has 3 aromatic carbocycles. The topological polar surface area (TPSA) is 109 Å². The van der Waals surface area contributed by atoms with E-state index in [-0.39, 0.29) is 23.5 Å². The number of esters is 1. The summed E-state index contributed by atoms with van der Waals surface area (Å²) in [5.74, 6) is 1.46. The van der Waals surface area contributed by atoms with Gasteiger partial charge in [-0.25, -0.2) is 0 Å². The molecule has 0 unspecified atom stereocenters. The maximum absolute atomic E-state index is 12.6. The molecule has 4 rings (SSSR count). The summed E-state index contributed by atoms with van der Waals surface area (Å²) >= 11 is 0. The van der Waals surface area contributed by atoms with E-state index in [9.17, 15) is 14.9 Å². The number of cyclic esters (lactones) is 1. The van der Waals surface area contributed by atoms with Gasteiger partial charge >= 0.3 is 5.97 Å². The number of nitrogens with zero attached hydrogens (tertiary/aromatic N) is 1. The second kappa shape index (κ2) is 11.0. The predicted molar refractivity (Wildman–Crippen MR) is 134 cm³/mol. The number of nitro benzene ring substituents is 1. The largest absolute Gasteiger partial charge is 0.495 e. The number of ether oxygens (including phenoxy) is 4. The van der Waals surface area contributed by atoms with Gasteiger partial charge in [0, 0.05) is 23.7 Å². The van der Waals surface area contributed by atoms with E-state index in [2.05, 4.69) is 5.32 Å². The van der Waals surface area contributed by atoms with Gasteiger partial charge in [-0.3, -0.25) is 14.9 Å². The lowest BCUT2D eigenvalue weighted by atomic mass is 9.85. The van der Waals surface area contributed by atoms with Crippen LogP contribution in [0.3, 0.4) is 0 Å². The first kappa shape index (κ1) is 24.8. The first-order chi connectivity index (χ1) is 17.4. The summed E-state index contributed by atoms with van der Waals surface area (Å²) in [6.45, 7) is 0.370. The predicted octanol–water partition coefficient (Wildman–Crippen LogP) is 4.94. The summed E-state index contributed by atoms with van der Waals surface area (Å²) in [6, 6.07) is 17.6. The van der Waals surface area contributed by atoms with Gasteiger partial charge < -0.3 is 24.3 Å². The molecule has 3 aromatic rings. The van der Waals surface area contributed by atoms with Crippen molar-refractivity contribution in [2.45, 2.75) is 12.8 Å². The highest BCUT2D eigenvalue weighted by Gasteiger charge is 2.37. The van der Waals surface area contributed by atoms with Gasteiger partial charge in [0.25, 0.3) is 5.69 Å². The number of carbonyl (C=O) groups excluding carboxylic acids is 1. The van der Waals surface area contributed by atoms with Gasteiger partial charge in [-0.1, -0.05) is 12.1 Å². The Hall–Kier alpha value is -4.27. The molecule has 0 radical (unpaired) electrons. The summed E-state index contributed by atoms with van der Waals surface area (Å²) in [7, 11) is 4.77. The van der Waals surface area contributed by atoms with Crippen LogP contribution in [-0.4, -0.2) is 38.8 Å². The van der Waals surface area contributed by atoms with Crippen LogP contribution in [0.25, 0.3) is 0 Å². The first-order valence-corrected chi connectivity index (χ1v) is 11.5. The summed E-state index contributed by atoms with van der Waals surface area (Å²) in [5, 5.41) is 14.1. The fourth-order valence-electron chi connectivity index (χ4n) is 4.41. The minimum absolute atomic E-state index is 0.0222. The van der Waals surface area contributed by atoms with Crippen molar-refractivity contribution in [2.75, 3.05) is 33.3 Å². The van der Waals surface area contributed by atoms with Crippen LogP contribution in [0.5, 0.6) is 17.2 Å². The molecule has 188 valence electrons. The van der Waals surface area contributed by atoms with Crippen molar-refractivity contribution in [3.8, 4) is 17.2 Å². The standard InChI is InChI=1S/C27H28N2O7/c1-33-24-11-5-17(15-26(24)35-3)12-19-16-36-27(30)22(19)13-18-4-10-23(25(14-18)34-2)28-20-6-8-21(9-7-20)29(31)32/h4-11,14-15,19,22,28H,12-13,16H2,1-3H3/t19-,22+/m0/s1. The molecule has 1 heterocycles. The third kappa shape index (κ3) is 5.51. The molecular formula is C27H28N2O7. The van der Waals surface area contributed by atoms with Crippen LogP contribution in [0.4, 0.5) is 17.1 Å². The lowest BCUT2D eigenvalue weighted by Crippen LogP contribution is -2.20. The molecule has 1 N–H and O–H groups in total. The maximum Gasteiger partial charge on any atom is 0.309 e. The zero-order valence-corrected chi connectivity index (χ0v) is 20.4. The Kier molecular flexibility index (Phi) is 7.58. The van der Waals surface area contributed by atoms with Crippen LogP contribution in [0.1, 0.15) is 11.1 Å². The van der Waals surface area contributed by atoms with E-state index in [4.69, 9.17) is 18.9 Å². The molecule has 1 saturated heterocycles. The highest BCUT2D eigenvalue weighted by atomic mass is 16.6. The third-order valence-electron chi connectivity index (χ3n) is 6.34. The van der Waals surface area contributed by atoms with Crippen molar-refractivity contribution in [1.29, 1.82) is 0 Å². The smallest absolute Gasteiger partial charge is 0.309 e. The second-order valence-corrected chi connectivity index (χ2v) is 8.56. The van der Waals surface area contributed by atoms with Crippen LogP contribution in [0, 0.1) is 22.0 Å². The number of hydrogen-bond acceptors (Lipinski definition) is 8. The molecule has 0 aromatic heterocycles. The second-order valence-electron chi connectivity index (χ2n) is 8.56. The van der Waals surface area contributed by atoms with E-state index in [0.717, 1.165) is 11.1 Å². The number of rotatable bonds is 10. The van der Waals surface area contributed by atoms with E-state index in [1.807, 2.05) is 36.4 Å². The molecule has 1 aliphatic rings. The number of anilines is 2. The molecule has 0 bridgehead atoms. The lowest BCUT2D eigenvalue weighted by molar-refractivity contribution is -0.384. The molecule has 0 aliphatic carbocycles. The summed E-state index contributed by atoms with van der Waals surface area (Å²) < 4.78 is 21.7. The average Bonchev–Trinajstić information content (AvgIpc) is 3.23. The Balaban J connectivity index is 1.48. The van der Waals surface area contributed by atoms with E-state index >= 15 is 0 Å². The molecule has 0 saturated carbocycles. The Labute approximate surface area is 209 Å². The van der Waals surface area contributed by atoms with Crippen LogP contribution in [0.15, 0.2) is 60.7 Å². The van der Waals surface area contributed by atoms with Crippen molar-refractivity contribution < 1.29 is 28.7 Å². The monoisotopic (exact) mass is 492 g/mol. The number of benzene rings is 3. The van der Waals surface area contributed by atoms with E-state index in [1.54, 1.807) is 33.5 Å². The molecule has 1 aliphatic heterocycles. The summed E-state index contributed by atoms with van der Waals surface area (Å²) in [5.41, 5.74) is 3.42. The van der Waals surface area contributed by atoms with Crippen molar-refractivity contribution in [3.05, 3.63) is 81.9 Å². The van der Waals surface area contributed by atoms with Gasteiger partial charge in [-0.05, 0) is 60.4 Å². The third-order valence-corrected chi connectivity index (χ3v) is 6.34. The summed E-state index contributed by atoms with van der Waals surface area (Å²) in [4.78, 5) is 23.0. The lowest BCUT2D eigenvalue weighted by Gasteiger charge is -2.18. The summed E-state index contributed by atoms with van der Waals surface area (Å²) in [6.07, 6.45) is 1.19. The average molecular weight is 493 g/mol. The van der Waals surface area contributed by atoms with Crippen molar-refractivity contribution in [3.63, 3.8) is 0 Å². The highest BCUT2D eigenvalue weighted by molar-refractivity contribution is 5.75. The molecule has 9 nitrogen and oxygen atoms in total. The molecule has 0 spiro atoms. The van der Waals surface area contributed by atoms with Gasteiger partial charge in [-0.2, -0.15) is 0 Å². The fourth-order valence-corrected chi connectivity index (χ4v) is 4.41. The molecular weight excluding hydrogens is 464 g/mol. The Morgan fingerprint density at radius 1 is 0.889 bits per heavy atom. The molecule has 36 heavy (non-hydrogen) atoms. The molecule has 1 fully saturated rings. The number of nitrogens with one attached hydrogen (secondary N) is 1. The van der Waals surface area contributed by atoms with E-state index in [0.29, 0.717) is 48.1 Å². The minimum Gasteiger partial charge on any atom is -0.495 e. The van der Waals surface area contributed by atoms with E-state index < -0.39 is 4.92 Å². The van der Waals surface area contributed by atoms with Crippen molar-refractivity contribution in [1.82, 2.24) is 0 Å². The Bertz CT molecular complexity index is 1240. The van der Waals surface area contributed by atoms with Crippen molar-refractivity contribution >= 4 is 23.0 Å². The quantitative estimate of drug-likeness (QED) is 0.241. The molecule has 9 heteroatoms. The zero-order chi connectivity index (χ0) is 25.7. The van der Waals surface area contributed by atoms with Gasteiger partial charge in [-0.15, -0.1) is 0 Å². The van der Waals surface area contributed by atoms with Crippen LogP contribution in [0.2, 0.25) is 0 Å². The first-order valence-electron chi connectivity index (χ1n) is 11.5. The van der Waals surface area contributed by atoms with Crippen LogP contribution < -0.4 is 19.5 Å². The molecule has 2 atom stereocenters. The Morgan fingerprint density at radius 3 is 2.19 bits per heavy atom. The molecule has 0 amide bonds. The number of methoxy groups -OCH3 is 3. The minimum atomic E-state index is -0.439. The van der Waals surface area contributed by atoms with Gasteiger partial charge in [0.15, 0.2) is 11.5 Å². The zero-order valence-electron chi connectivity index (χ0n) is 20.4. The van der Waals surface area contributed by atoms with Crippen molar-refractivity contribution in [2.24, 2.45) is 11.8 Å². The Morgan fingerprint density at radius 2 is 1.53 bits per heavy atom. The van der Waals surface area contributed by atoms with Crippen LogP contribution >= 0.6 is 0 Å². The number of non-ortho nitro benzene ring substituents is 1. The number of nitro groups is 1. The number of hydrogen-bond donors (Lipinski definition) is 1.